The Hall–Kier alpha value is 0.0375. The van der Waals surface area contributed by atoms with Crippen LogP contribution in [0.3, 0.4) is 0 Å². The van der Waals surface area contributed by atoms with Crippen LogP contribution in [-0.4, -0.2) is 70.3 Å². The van der Waals surface area contributed by atoms with Gasteiger partial charge in [0.1, 0.15) is 0 Å². The molecule has 0 saturated heterocycles. The molecule has 0 amide bonds. The maximum Gasteiger partial charge on any atom is 0.469 e. The fourth-order valence-corrected chi connectivity index (χ4v) is 20.9. The van der Waals surface area contributed by atoms with Crippen LogP contribution in [0.5, 0.6) is 0 Å². The maximum atomic E-state index is 13.0. The van der Waals surface area contributed by atoms with E-state index < -0.39 is 96.0 Å². The summed E-state index contributed by atoms with van der Waals surface area (Å²) < 4.78 is 141. The molecule has 1 unspecified atom stereocenters. The van der Waals surface area contributed by atoms with Gasteiger partial charge < -0.3 is 22.2 Å². The molecule has 0 aromatic heterocycles. The lowest BCUT2D eigenvalue weighted by Gasteiger charge is -2.45. The van der Waals surface area contributed by atoms with E-state index in [1.165, 1.54) is 46.2 Å². The molecule has 1 N–H and O–H groups in total. The molecule has 0 heterocycles. The van der Waals surface area contributed by atoms with Crippen molar-refractivity contribution in [2.24, 2.45) is 0 Å². The molecule has 0 bridgehead atoms. The van der Waals surface area contributed by atoms with E-state index >= 15 is 0 Å². The van der Waals surface area contributed by atoms with Crippen molar-refractivity contribution < 1.29 is 61.7 Å². The Morgan fingerprint density at radius 2 is 0.868 bits per heavy atom. The smallest absolute Gasteiger partial charge is 0.417 e. The predicted octanol–water partition coefficient (Wildman–Crippen LogP) is 8.19. The highest BCUT2D eigenvalue weighted by molar-refractivity contribution is 6.90. The fourth-order valence-electron chi connectivity index (χ4n) is 3.50. The third kappa shape index (κ3) is 20.0. The zero-order valence-electron chi connectivity index (χ0n) is 22.9. The number of rotatable bonds is 17. The second-order valence-electron chi connectivity index (χ2n) is 11.2. The van der Waals surface area contributed by atoms with Gasteiger partial charge in [0.2, 0.25) is 0 Å². The zero-order chi connectivity index (χ0) is 30.3. The van der Waals surface area contributed by atoms with Gasteiger partial charge in [-0.3, -0.25) is 0 Å². The van der Waals surface area contributed by atoms with Crippen LogP contribution < -0.4 is 0 Å². The Balaban J connectivity index is 6.34. The van der Waals surface area contributed by atoms with Crippen LogP contribution in [0.25, 0.3) is 0 Å². The maximum absolute atomic E-state index is 13.0. The van der Waals surface area contributed by atoms with E-state index in [-0.39, 0.29) is 19.1 Å². The Morgan fingerprint density at radius 3 is 1.11 bits per heavy atom. The van der Waals surface area contributed by atoms with E-state index in [0.29, 0.717) is 0 Å². The van der Waals surface area contributed by atoms with Crippen molar-refractivity contribution in [1.82, 2.24) is 0 Å². The molecule has 5 nitrogen and oxygen atoms in total. The first-order valence-corrected chi connectivity index (χ1v) is 23.5. The van der Waals surface area contributed by atoms with Gasteiger partial charge in [-0.1, -0.05) is 0 Å². The third-order valence-electron chi connectivity index (χ3n) is 5.31. The van der Waals surface area contributed by atoms with Crippen LogP contribution in [0.15, 0.2) is 0 Å². The van der Waals surface area contributed by atoms with Crippen LogP contribution in [-0.2, 0) is 17.1 Å². The molecule has 0 rings (SSSR count). The average molecular weight is 645 g/mol. The van der Waals surface area contributed by atoms with Crippen LogP contribution in [0, 0.1) is 0 Å². The van der Waals surface area contributed by atoms with Crippen LogP contribution >= 0.6 is 0 Å². The minimum atomic E-state index is -4.48. The van der Waals surface area contributed by atoms with Gasteiger partial charge in [-0.2, -0.15) is 39.5 Å². The number of hydrogen-bond acceptors (Lipinski definition) is 5. The highest BCUT2D eigenvalue weighted by atomic mass is 28.5. The quantitative estimate of drug-likeness (QED) is 0.0749. The van der Waals surface area contributed by atoms with Crippen molar-refractivity contribution in [3.8, 4) is 0 Å². The number of aliphatic hydroxyl groups excluding tert-OH is 1. The minimum absolute atomic E-state index is 0.0535. The Labute approximate surface area is 223 Å². The summed E-state index contributed by atoms with van der Waals surface area (Å²) in [5.74, 6) is 0. The molecule has 38 heavy (non-hydrogen) atoms. The van der Waals surface area contributed by atoms with E-state index in [9.17, 15) is 44.6 Å². The highest BCUT2D eigenvalue weighted by Crippen LogP contribution is 2.37. The molecule has 0 radical (unpaired) electrons. The SMILES string of the molecule is CC(O)OCCC[Si](O[Si](C)(C)CCC(F)(F)F)(O[Si](C)(C)CCC(F)(F)F)O[Si](C)(C)CCC(F)(F)F. The van der Waals surface area contributed by atoms with Crippen molar-refractivity contribution in [3.05, 3.63) is 0 Å². The lowest BCUT2D eigenvalue weighted by molar-refractivity contribution is -0.131. The average Bonchev–Trinajstić information content (AvgIpc) is 2.64. The largest absolute Gasteiger partial charge is 0.469 e. The molecule has 0 fully saturated rings. The van der Waals surface area contributed by atoms with E-state index in [1.807, 2.05) is 0 Å². The summed E-state index contributed by atoms with van der Waals surface area (Å²) >= 11 is 0. The van der Waals surface area contributed by atoms with Gasteiger partial charge >= 0.3 is 27.3 Å². The van der Waals surface area contributed by atoms with E-state index in [2.05, 4.69) is 0 Å². The van der Waals surface area contributed by atoms with Gasteiger partial charge in [-0.05, 0) is 70.8 Å². The van der Waals surface area contributed by atoms with Crippen molar-refractivity contribution in [3.63, 3.8) is 0 Å². The zero-order valence-corrected chi connectivity index (χ0v) is 26.9. The molecular weight excluding hydrogens is 604 g/mol. The molecule has 0 aromatic carbocycles. The lowest BCUT2D eigenvalue weighted by Crippen LogP contribution is -2.62. The molecule has 0 aliphatic heterocycles. The van der Waals surface area contributed by atoms with Crippen molar-refractivity contribution >= 4 is 33.8 Å². The summed E-state index contributed by atoms with van der Waals surface area (Å²) in [5.41, 5.74) is 0. The van der Waals surface area contributed by atoms with Crippen LogP contribution in [0.1, 0.15) is 32.6 Å². The van der Waals surface area contributed by atoms with Crippen LogP contribution in [0.4, 0.5) is 39.5 Å². The fraction of sp³-hybridized carbons (Fsp3) is 1.00. The standard InChI is InChI=1S/C20H41F9O5Si4/c1-17(30)31-12-8-13-38(32-35(2,3)14-9-18(21,22)23,33-36(4,5)15-10-19(24,25)26)34-37(6,7)16-11-20(27,28)29/h17,30H,8-16H2,1-7H3. The summed E-state index contributed by atoms with van der Waals surface area (Å²) in [4.78, 5) is 0. The van der Waals surface area contributed by atoms with Crippen LogP contribution in [0.2, 0.25) is 63.5 Å². The Morgan fingerprint density at radius 1 is 0.579 bits per heavy atom. The van der Waals surface area contributed by atoms with Gasteiger partial charge in [0, 0.05) is 31.9 Å². The summed E-state index contributed by atoms with van der Waals surface area (Å²) in [6.07, 6.45) is -18.0. The summed E-state index contributed by atoms with van der Waals surface area (Å²) in [5, 5.41) is 9.38. The first-order valence-electron chi connectivity index (χ1n) is 12.3. The second-order valence-corrected chi connectivity index (χ2v) is 27.6. The van der Waals surface area contributed by atoms with Gasteiger partial charge in [0.25, 0.3) is 0 Å². The van der Waals surface area contributed by atoms with Gasteiger partial charge in [-0.25, -0.2) is 0 Å². The first-order chi connectivity index (χ1) is 16.7. The van der Waals surface area contributed by atoms with Gasteiger partial charge in [-0.15, -0.1) is 0 Å². The van der Waals surface area contributed by atoms with E-state index in [0.717, 1.165) is 0 Å². The monoisotopic (exact) mass is 644 g/mol. The number of alkyl halides is 9. The predicted molar refractivity (Wildman–Crippen MR) is 135 cm³/mol. The van der Waals surface area contributed by atoms with Gasteiger partial charge in [0.15, 0.2) is 31.2 Å². The normalized spacial score (nSPS) is 15.7. The topological polar surface area (TPSA) is 57.2 Å². The first kappa shape index (κ1) is 38.0. The number of halogens is 9. The molecule has 0 spiro atoms. The van der Waals surface area contributed by atoms with Crippen molar-refractivity contribution in [2.45, 2.75) is 121 Å². The number of aliphatic hydroxyl groups is 1. The van der Waals surface area contributed by atoms with E-state index in [4.69, 9.17) is 17.1 Å². The number of ether oxygens (including phenoxy) is 1. The molecule has 0 aliphatic carbocycles. The number of hydrogen-bond donors (Lipinski definition) is 1. The molecule has 0 saturated carbocycles. The van der Waals surface area contributed by atoms with Gasteiger partial charge in [0.05, 0.1) is 0 Å². The summed E-state index contributed by atoms with van der Waals surface area (Å²) in [7, 11) is -13.9. The second kappa shape index (κ2) is 14.3. The molecule has 230 valence electrons. The summed E-state index contributed by atoms with van der Waals surface area (Å²) in [6.45, 7) is 10.3. The lowest BCUT2D eigenvalue weighted by atomic mass is 10.5. The third-order valence-corrected chi connectivity index (χ3v) is 21.0. The van der Waals surface area contributed by atoms with Crippen molar-refractivity contribution in [1.29, 1.82) is 0 Å². The highest BCUT2D eigenvalue weighted by Gasteiger charge is 2.53. The molecule has 0 aromatic rings. The van der Waals surface area contributed by atoms with E-state index in [1.54, 1.807) is 0 Å². The Kier molecular flexibility index (Phi) is 14.3. The molecular formula is C20H41F9O5Si4. The van der Waals surface area contributed by atoms with Crippen molar-refractivity contribution in [2.75, 3.05) is 6.61 Å². The molecule has 18 heteroatoms. The minimum Gasteiger partial charge on any atom is -0.417 e. The molecule has 1 atom stereocenters. The molecule has 0 aliphatic rings. The summed E-state index contributed by atoms with van der Waals surface area (Å²) in [6, 6.07) is -1.27. The Bertz CT molecular complexity index is 621.